The van der Waals surface area contributed by atoms with Gasteiger partial charge < -0.3 is 9.73 Å². The highest BCUT2D eigenvalue weighted by atomic mass is 32.2. The Morgan fingerprint density at radius 2 is 2.19 bits per heavy atom. The summed E-state index contributed by atoms with van der Waals surface area (Å²) < 4.78 is 41.0. The third-order valence-corrected chi connectivity index (χ3v) is 6.84. The third kappa shape index (κ3) is 3.00. The van der Waals surface area contributed by atoms with Gasteiger partial charge in [0.1, 0.15) is 27.7 Å². The summed E-state index contributed by atoms with van der Waals surface area (Å²) in [7, 11) is -3.85. The molecule has 1 fully saturated rings. The Hall–Kier alpha value is -2.30. The van der Waals surface area contributed by atoms with Crippen molar-refractivity contribution in [3.05, 3.63) is 42.4 Å². The number of amides is 1. The molecule has 1 aliphatic rings. The summed E-state index contributed by atoms with van der Waals surface area (Å²) in [6.07, 6.45) is 2.63. The lowest BCUT2D eigenvalue weighted by Crippen LogP contribution is -2.45. The predicted octanol–water partition coefficient (Wildman–Crippen LogP) is 1.75. The minimum atomic E-state index is -3.85. The lowest BCUT2D eigenvalue weighted by atomic mass is 10.2. The van der Waals surface area contributed by atoms with Crippen LogP contribution in [0.1, 0.15) is 18.6 Å². The predicted molar refractivity (Wildman–Crippen MR) is 94.9 cm³/mol. The Morgan fingerprint density at radius 3 is 3.00 bits per heavy atom. The number of fused-ring (bicyclic) bond motifs is 1. The van der Waals surface area contributed by atoms with Crippen molar-refractivity contribution in [2.75, 3.05) is 6.54 Å². The van der Waals surface area contributed by atoms with Crippen molar-refractivity contribution in [1.82, 2.24) is 18.4 Å². The van der Waals surface area contributed by atoms with E-state index in [1.807, 2.05) is 0 Å². The lowest BCUT2D eigenvalue weighted by Gasteiger charge is -2.23. The average Bonchev–Trinajstić information content (AvgIpc) is 3.40. The maximum atomic E-state index is 13.2. The summed E-state index contributed by atoms with van der Waals surface area (Å²) in [5, 5.41) is 2.75. The zero-order valence-corrected chi connectivity index (χ0v) is 15.3. The number of rotatable bonds is 5. The van der Waals surface area contributed by atoms with Crippen molar-refractivity contribution in [1.29, 1.82) is 0 Å². The van der Waals surface area contributed by atoms with Gasteiger partial charge in [0, 0.05) is 6.54 Å². The lowest BCUT2D eigenvalue weighted by molar-refractivity contribution is -0.124. The van der Waals surface area contributed by atoms with E-state index in [4.69, 9.17) is 4.42 Å². The summed E-state index contributed by atoms with van der Waals surface area (Å²) in [5.74, 6) is 0.287. The van der Waals surface area contributed by atoms with E-state index in [0.29, 0.717) is 36.2 Å². The molecule has 3 heterocycles. The SMILES string of the molecule is O=C(NCc1ccco1)C1CCCN1S(=O)(=O)c1cccc2nsnc12. The Bertz CT molecular complexity index is 1030. The number of carbonyl (C=O) groups is 1. The molecule has 2 aromatic heterocycles. The molecule has 1 atom stereocenters. The van der Waals surface area contributed by atoms with Crippen LogP contribution >= 0.6 is 11.7 Å². The molecule has 0 saturated carbocycles. The summed E-state index contributed by atoms with van der Waals surface area (Å²) in [6.45, 7) is 0.525. The minimum Gasteiger partial charge on any atom is -0.467 e. The number of sulfonamides is 1. The van der Waals surface area contributed by atoms with Crippen LogP contribution in [-0.4, -0.2) is 40.0 Å². The van der Waals surface area contributed by atoms with Crippen LogP contribution < -0.4 is 5.32 Å². The summed E-state index contributed by atoms with van der Waals surface area (Å²) >= 11 is 0.967. The minimum absolute atomic E-state index is 0.0921. The standard InChI is InChI=1S/C16H16N4O4S2/c21-16(17-10-11-4-3-9-24-11)13-6-2-8-20(13)26(22,23)14-7-1-5-12-15(14)19-25-18-12/h1,3-5,7,9,13H,2,6,8,10H2,(H,17,21). The highest BCUT2D eigenvalue weighted by Crippen LogP contribution is 2.30. The number of aromatic nitrogens is 2. The first-order chi connectivity index (χ1) is 12.6. The van der Waals surface area contributed by atoms with E-state index in [9.17, 15) is 13.2 Å². The maximum absolute atomic E-state index is 13.2. The molecule has 1 amide bonds. The van der Waals surface area contributed by atoms with Gasteiger partial charge in [-0.05, 0) is 37.1 Å². The molecule has 1 unspecified atom stereocenters. The number of nitrogens with one attached hydrogen (secondary N) is 1. The maximum Gasteiger partial charge on any atom is 0.246 e. The van der Waals surface area contributed by atoms with Crippen molar-refractivity contribution in [2.24, 2.45) is 0 Å². The van der Waals surface area contributed by atoms with Crippen LogP contribution in [0.3, 0.4) is 0 Å². The van der Waals surface area contributed by atoms with Crippen LogP contribution in [0.15, 0.2) is 45.9 Å². The van der Waals surface area contributed by atoms with Crippen LogP contribution in [0.4, 0.5) is 0 Å². The topological polar surface area (TPSA) is 105 Å². The van der Waals surface area contributed by atoms with E-state index in [-0.39, 0.29) is 17.3 Å². The van der Waals surface area contributed by atoms with E-state index in [0.717, 1.165) is 11.7 Å². The molecule has 8 nitrogen and oxygen atoms in total. The average molecular weight is 392 g/mol. The number of nitrogens with zero attached hydrogens (tertiary/aromatic N) is 3. The quantitative estimate of drug-likeness (QED) is 0.709. The molecular weight excluding hydrogens is 376 g/mol. The molecule has 0 spiro atoms. The van der Waals surface area contributed by atoms with Crippen LogP contribution in [-0.2, 0) is 21.4 Å². The van der Waals surface area contributed by atoms with Crippen LogP contribution in [0.25, 0.3) is 11.0 Å². The number of furan rings is 1. The first-order valence-corrected chi connectivity index (χ1v) is 10.3. The Balaban J connectivity index is 1.59. The third-order valence-electron chi connectivity index (χ3n) is 4.36. The number of hydrogen-bond donors (Lipinski definition) is 1. The summed E-state index contributed by atoms with van der Waals surface area (Å²) in [5.41, 5.74) is 0.883. The van der Waals surface area contributed by atoms with Gasteiger partial charge in [-0.1, -0.05) is 6.07 Å². The molecule has 136 valence electrons. The fourth-order valence-electron chi connectivity index (χ4n) is 3.11. The molecule has 1 N–H and O–H groups in total. The Labute approximate surface area is 154 Å². The van der Waals surface area contributed by atoms with Gasteiger partial charge in [0.05, 0.1) is 24.5 Å². The van der Waals surface area contributed by atoms with Gasteiger partial charge in [-0.25, -0.2) is 8.42 Å². The fraction of sp³-hybridized carbons (Fsp3) is 0.312. The molecule has 0 aliphatic carbocycles. The first kappa shape index (κ1) is 17.1. The second-order valence-corrected chi connectivity index (χ2v) is 8.35. The van der Waals surface area contributed by atoms with Gasteiger partial charge in [-0.2, -0.15) is 13.1 Å². The normalized spacial score (nSPS) is 18.4. The van der Waals surface area contributed by atoms with Gasteiger partial charge in [0.2, 0.25) is 15.9 Å². The van der Waals surface area contributed by atoms with Gasteiger partial charge in [-0.3, -0.25) is 4.79 Å². The monoisotopic (exact) mass is 392 g/mol. The summed E-state index contributed by atoms with van der Waals surface area (Å²) in [4.78, 5) is 12.6. The van der Waals surface area contributed by atoms with Crippen LogP contribution in [0, 0.1) is 0 Å². The van der Waals surface area contributed by atoms with E-state index in [2.05, 4.69) is 14.1 Å². The van der Waals surface area contributed by atoms with E-state index >= 15 is 0 Å². The smallest absolute Gasteiger partial charge is 0.246 e. The van der Waals surface area contributed by atoms with Gasteiger partial charge in [0.15, 0.2) is 0 Å². The fourth-order valence-corrected chi connectivity index (χ4v) is 5.52. The first-order valence-electron chi connectivity index (χ1n) is 8.10. The molecule has 0 bridgehead atoms. The molecule has 1 aromatic carbocycles. The van der Waals surface area contributed by atoms with Crippen molar-refractivity contribution < 1.29 is 17.6 Å². The molecule has 0 radical (unpaired) electrons. The van der Waals surface area contributed by atoms with Gasteiger partial charge in [0.25, 0.3) is 0 Å². The van der Waals surface area contributed by atoms with Crippen LogP contribution in [0.2, 0.25) is 0 Å². The van der Waals surface area contributed by atoms with Crippen molar-refractivity contribution in [3.63, 3.8) is 0 Å². The van der Waals surface area contributed by atoms with Crippen LogP contribution in [0.5, 0.6) is 0 Å². The molecule has 1 aliphatic heterocycles. The molecule has 10 heteroatoms. The number of benzene rings is 1. The van der Waals surface area contributed by atoms with Gasteiger partial charge in [-0.15, -0.1) is 0 Å². The molecule has 4 rings (SSSR count). The zero-order valence-electron chi connectivity index (χ0n) is 13.7. The van der Waals surface area contributed by atoms with Gasteiger partial charge >= 0.3 is 0 Å². The highest BCUT2D eigenvalue weighted by Gasteiger charge is 2.40. The number of carbonyl (C=O) groups excluding carboxylic acids is 1. The molecule has 1 saturated heterocycles. The summed E-state index contributed by atoms with van der Waals surface area (Å²) in [6, 6.07) is 7.61. The van der Waals surface area contributed by atoms with Crippen molar-refractivity contribution in [3.8, 4) is 0 Å². The number of hydrogen-bond acceptors (Lipinski definition) is 7. The zero-order chi connectivity index (χ0) is 18.1. The molecule has 3 aromatic rings. The van der Waals surface area contributed by atoms with E-state index < -0.39 is 16.1 Å². The Kier molecular flexibility index (Phi) is 4.47. The second kappa shape index (κ2) is 6.78. The van der Waals surface area contributed by atoms with Crippen molar-refractivity contribution >= 4 is 38.7 Å². The van der Waals surface area contributed by atoms with Crippen molar-refractivity contribution in [2.45, 2.75) is 30.3 Å². The van der Waals surface area contributed by atoms with E-state index in [1.54, 1.807) is 24.3 Å². The van der Waals surface area contributed by atoms with E-state index in [1.165, 1.54) is 16.6 Å². The Morgan fingerprint density at radius 1 is 1.31 bits per heavy atom. The molecular formula is C16H16N4O4S2. The highest BCUT2D eigenvalue weighted by molar-refractivity contribution is 7.89. The largest absolute Gasteiger partial charge is 0.467 e. The molecule has 26 heavy (non-hydrogen) atoms. The second-order valence-electron chi connectivity index (χ2n) is 5.96.